The van der Waals surface area contributed by atoms with Crippen molar-refractivity contribution in [3.8, 4) is 11.1 Å². The van der Waals surface area contributed by atoms with Crippen LogP contribution in [0.1, 0.15) is 5.56 Å². The van der Waals surface area contributed by atoms with Crippen LogP contribution < -0.4 is 4.72 Å². The molecule has 0 aliphatic carbocycles. The maximum atomic E-state index is 12.8. The molecule has 3 heterocycles. The molecule has 1 aliphatic rings. The van der Waals surface area contributed by atoms with Gasteiger partial charge in [0.05, 0.1) is 30.2 Å². The van der Waals surface area contributed by atoms with Gasteiger partial charge in [0.25, 0.3) is 10.0 Å². The van der Waals surface area contributed by atoms with Crippen LogP contribution in [0.15, 0.2) is 56.7 Å². The molecule has 9 heteroatoms. The largest absolute Gasteiger partial charge is 0.378 e. The molecule has 6 nitrogen and oxygen atoms in total. The van der Waals surface area contributed by atoms with Crippen LogP contribution in [0.4, 0.5) is 5.69 Å². The number of nitrogens with one attached hydrogen (secondary N) is 1. The van der Waals surface area contributed by atoms with Gasteiger partial charge in [-0.3, -0.25) is 9.52 Å². The minimum absolute atomic E-state index is 0.0211. The number of carbonyl (C=O) groups excluding carboxylic acids is 1. The second-order valence-electron chi connectivity index (χ2n) is 6.62. The second-order valence-corrected chi connectivity index (χ2v) is 9.83. The summed E-state index contributed by atoms with van der Waals surface area (Å²) < 4.78 is 33.5. The molecule has 4 rings (SSSR count). The lowest BCUT2D eigenvalue weighted by atomic mass is 10.1. The summed E-state index contributed by atoms with van der Waals surface area (Å²) in [5.41, 5.74) is 3.18. The van der Waals surface area contributed by atoms with Crippen molar-refractivity contribution in [1.82, 2.24) is 4.90 Å². The first-order valence-corrected chi connectivity index (χ1v) is 12.5. The van der Waals surface area contributed by atoms with Gasteiger partial charge in [0.15, 0.2) is 0 Å². The van der Waals surface area contributed by atoms with Gasteiger partial charge in [0, 0.05) is 18.5 Å². The van der Waals surface area contributed by atoms with Crippen molar-refractivity contribution in [2.75, 3.05) is 31.0 Å². The predicted molar refractivity (Wildman–Crippen MR) is 116 cm³/mol. The fourth-order valence-corrected chi connectivity index (χ4v) is 5.72. The van der Waals surface area contributed by atoms with Crippen LogP contribution in [0, 0.1) is 0 Å². The van der Waals surface area contributed by atoms with E-state index in [2.05, 4.69) is 4.72 Å². The predicted octanol–water partition coefficient (Wildman–Crippen LogP) is 3.68. The van der Waals surface area contributed by atoms with E-state index in [1.165, 1.54) is 11.3 Å². The highest BCUT2D eigenvalue weighted by molar-refractivity contribution is 7.92. The zero-order valence-corrected chi connectivity index (χ0v) is 18.0. The van der Waals surface area contributed by atoms with E-state index in [9.17, 15) is 13.2 Å². The van der Waals surface area contributed by atoms with Gasteiger partial charge in [-0.1, -0.05) is 12.1 Å². The Balaban J connectivity index is 1.47. The molecule has 152 valence electrons. The Bertz CT molecular complexity index is 1070. The molecule has 0 atom stereocenters. The number of benzene rings is 1. The Morgan fingerprint density at radius 3 is 2.45 bits per heavy atom. The number of nitrogens with zero attached hydrogens (tertiary/aromatic N) is 1. The van der Waals surface area contributed by atoms with Gasteiger partial charge in [-0.25, -0.2) is 8.42 Å². The standard InChI is InChI=1S/C20H20N2O4S3/c23-20(22-6-8-26-9-7-22)11-17-13-28-14-19(17)21-29(24,25)18-3-1-15(2-4-18)16-5-10-27-12-16/h1-5,10,12-14,21H,6-9,11H2. The molecule has 0 radical (unpaired) electrons. The summed E-state index contributed by atoms with van der Waals surface area (Å²) in [7, 11) is -3.74. The highest BCUT2D eigenvalue weighted by atomic mass is 32.2. The summed E-state index contributed by atoms with van der Waals surface area (Å²) in [5.74, 6) is -0.0211. The number of rotatable bonds is 6. The maximum Gasteiger partial charge on any atom is 0.261 e. The summed E-state index contributed by atoms with van der Waals surface area (Å²) in [6.45, 7) is 2.22. The first kappa shape index (κ1) is 20.1. The lowest BCUT2D eigenvalue weighted by Crippen LogP contribution is -2.41. The molecule has 0 spiro atoms. The number of ether oxygens (including phenoxy) is 1. The van der Waals surface area contributed by atoms with Gasteiger partial charge < -0.3 is 9.64 Å². The van der Waals surface area contributed by atoms with Gasteiger partial charge in [0.1, 0.15) is 0 Å². The molecule has 1 saturated heterocycles. The molecular formula is C20H20N2O4S3. The molecule has 3 aromatic rings. The Kier molecular flexibility index (Phi) is 6.00. The fraction of sp³-hybridized carbons (Fsp3) is 0.250. The number of sulfonamides is 1. The topological polar surface area (TPSA) is 75.7 Å². The van der Waals surface area contributed by atoms with Crippen molar-refractivity contribution >= 4 is 44.3 Å². The van der Waals surface area contributed by atoms with Gasteiger partial charge in [-0.2, -0.15) is 11.3 Å². The molecule has 0 saturated carbocycles. The van der Waals surface area contributed by atoms with E-state index in [1.54, 1.807) is 45.9 Å². The van der Waals surface area contributed by atoms with Crippen molar-refractivity contribution < 1.29 is 17.9 Å². The van der Waals surface area contributed by atoms with Crippen LogP contribution >= 0.6 is 22.7 Å². The SMILES string of the molecule is O=C(Cc1cscc1NS(=O)(=O)c1ccc(-c2ccsc2)cc1)N1CCOCC1. The van der Waals surface area contributed by atoms with Crippen LogP contribution in [0.2, 0.25) is 0 Å². The molecule has 1 aliphatic heterocycles. The summed E-state index contributed by atoms with van der Waals surface area (Å²) in [6, 6.07) is 8.79. The van der Waals surface area contributed by atoms with E-state index in [0.29, 0.717) is 37.6 Å². The first-order chi connectivity index (χ1) is 14.0. The number of hydrogen-bond acceptors (Lipinski definition) is 6. The zero-order chi connectivity index (χ0) is 20.3. The molecule has 2 aromatic heterocycles. The molecule has 1 aromatic carbocycles. The number of thiophene rings is 2. The molecule has 29 heavy (non-hydrogen) atoms. The van der Waals surface area contributed by atoms with Crippen LogP contribution in [-0.4, -0.2) is 45.5 Å². The van der Waals surface area contributed by atoms with Crippen molar-refractivity contribution in [3.63, 3.8) is 0 Å². The third-order valence-electron chi connectivity index (χ3n) is 4.71. The number of carbonyl (C=O) groups is 1. The fourth-order valence-electron chi connectivity index (χ4n) is 3.10. The summed E-state index contributed by atoms with van der Waals surface area (Å²) in [5, 5.41) is 7.54. The molecular weight excluding hydrogens is 428 g/mol. The van der Waals surface area contributed by atoms with E-state index in [-0.39, 0.29) is 17.2 Å². The van der Waals surface area contributed by atoms with Crippen LogP contribution in [0.5, 0.6) is 0 Å². The summed E-state index contributed by atoms with van der Waals surface area (Å²) >= 11 is 2.97. The lowest BCUT2D eigenvalue weighted by molar-refractivity contribution is -0.134. The average molecular weight is 449 g/mol. The minimum Gasteiger partial charge on any atom is -0.378 e. The Labute approximate surface area is 177 Å². The van der Waals surface area contributed by atoms with Crippen molar-refractivity contribution in [2.45, 2.75) is 11.3 Å². The molecule has 0 unspecified atom stereocenters. The maximum absolute atomic E-state index is 12.8. The third kappa shape index (κ3) is 4.69. The normalized spacial score (nSPS) is 14.7. The number of hydrogen-bond donors (Lipinski definition) is 1. The smallest absolute Gasteiger partial charge is 0.261 e. The van der Waals surface area contributed by atoms with Gasteiger partial charge in [-0.15, -0.1) is 11.3 Å². The van der Waals surface area contributed by atoms with Gasteiger partial charge >= 0.3 is 0 Å². The minimum atomic E-state index is -3.74. The zero-order valence-electron chi connectivity index (χ0n) is 15.5. The van der Waals surface area contributed by atoms with E-state index in [4.69, 9.17) is 4.74 Å². The van der Waals surface area contributed by atoms with Gasteiger partial charge in [-0.05, 0) is 51.0 Å². The quantitative estimate of drug-likeness (QED) is 0.624. The highest BCUT2D eigenvalue weighted by Gasteiger charge is 2.21. The van der Waals surface area contributed by atoms with Crippen molar-refractivity contribution in [1.29, 1.82) is 0 Å². The molecule has 1 N–H and O–H groups in total. The van der Waals surface area contributed by atoms with E-state index < -0.39 is 10.0 Å². The number of anilines is 1. The van der Waals surface area contributed by atoms with E-state index >= 15 is 0 Å². The highest BCUT2D eigenvalue weighted by Crippen LogP contribution is 2.27. The Hall–Kier alpha value is -2.20. The average Bonchev–Trinajstić information content (AvgIpc) is 3.41. The molecule has 1 amide bonds. The molecule has 1 fully saturated rings. The monoisotopic (exact) mass is 448 g/mol. The Morgan fingerprint density at radius 1 is 1.00 bits per heavy atom. The third-order valence-corrected chi connectivity index (χ3v) is 7.57. The summed E-state index contributed by atoms with van der Waals surface area (Å²) in [4.78, 5) is 14.4. The van der Waals surface area contributed by atoms with E-state index in [0.717, 1.165) is 11.1 Å². The lowest BCUT2D eigenvalue weighted by Gasteiger charge is -2.26. The first-order valence-electron chi connectivity index (χ1n) is 9.09. The van der Waals surface area contributed by atoms with Crippen LogP contribution in [0.3, 0.4) is 0 Å². The van der Waals surface area contributed by atoms with Crippen LogP contribution in [-0.2, 0) is 26.0 Å². The number of morpholine rings is 1. The summed E-state index contributed by atoms with van der Waals surface area (Å²) in [6.07, 6.45) is 0.165. The molecule has 0 bridgehead atoms. The van der Waals surface area contributed by atoms with Crippen LogP contribution in [0.25, 0.3) is 11.1 Å². The Morgan fingerprint density at radius 2 is 1.76 bits per heavy atom. The number of amides is 1. The van der Waals surface area contributed by atoms with Crippen molar-refractivity contribution in [3.05, 3.63) is 57.4 Å². The van der Waals surface area contributed by atoms with Gasteiger partial charge in [0.2, 0.25) is 5.91 Å². The van der Waals surface area contributed by atoms with Crippen molar-refractivity contribution in [2.24, 2.45) is 0 Å². The van der Waals surface area contributed by atoms with E-state index in [1.807, 2.05) is 22.2 Å². The second kappa shape index (κ2) is 8.66.